The average Bonchev–Trinajstić information content (AvgIpc) is 2.85. The van der Waals surface area contributed by atoms with Crippen LogP contribution >= 0.6 is 11.3 Å². The molecular formula is C15H16N2O2S. The molecule has 1 aromatic carbocycles. The Morgan fingerprint density at radius 2 is 2.30 bits per heavy atom. The third-order valence-corrected chi connectivity index (χ3v) is 4.36. The van der Waals surface area contributed by atoms with Crippen LogP contribution in [0.1, 0.15) is 20.8 Å². The van der Waals surface area contributed by atoms with Crippen LogP contribution in [-0.4, -0.2) is 19.7 Å². The molecule has 3 rings (SSSR count). The van der Waals surface area contributed by atoms with Gasteiger partial charge in [0.25, 0.3) is 5.91 Å². The van der Waals surface area contributed by atoms with Gasteiger partial charge in [0.15, 0.2) is 0 Å². The van der Waals surface area contributed by atoms with Crippen LogP contribution in [0.4, 0.5) is 5.69 Å². The van der Waals surface area contributed by atoms with E-state index in [1.54, 1.807) is 18.4 Å². The van der Waals surface area contributed by atoms with Gasteiger partial charge >= 0.3 is 0 Å². The van der Waals surface area contributed by atoms with E-state index in [2.05, 4.69) is 21.7 Å². The number of hydrogen-bond donors (Lipinski definition) is 1. The number of thiophene rings is 1. The number of hydrogen-bond acceptors (Lipinski definition) is 4. The van der Waals surface area contributed by atoms with E-state index in [0.29, 0.717) is 6.67 Å². The van der Waals surface area contributed by atoms with Crippen LogP contribution < -0.4 is 15.0 Å². The number of nitrogens with zero attached hydrogens (tertiary/aromatic N) is 1. The molecule has 20 heavy (non-hydrogen) atoms. The zero-order valence-corrected chi connectivity index (χ0v) is 12.3. The second kappa shape index (κ2) is 5.17. The normalized spacial score (nSPS) is 13.9. The smallest absolute Gasteiger partial charge is 0.255 e. The number of ether oxygens (including phenoxy) is 1. The molecule has 0 fully saturated rings. The van der Waals surface area contributed by atoms with Crippen LogP contribution in [0.15, 0.2) is 29.6 Å². The maximum Gasteiger partial charge on any atom is 0.255 e. The molecule has 1 aromatic heterocycles. The summed E-state index contributed by atoms with van der Waals surface area (Å²) in [4.78, 5) is 15.2. The second-order valence-corrected chi connectivity index (χ2v) is 5.85. The van der Waals surface area contributed by atoms with Crippen molar-refractivity contribution in [3.63, 3.8) is 0 Å². The minimum atomic E-state index is 0.0284. The Morgan fingerprint density at radius 3 is 3.10 bits per heavy atom. The zero-order valence-electron chi connectivity index (χ0n) is 11.5. The zero-order chi connectivity index (χ0) is 14.1. The molecule has 2 aromatic rings. The lowest BCUT2D eigenvalue weighted by atomic mass is 10.1. The molecule has 104 valence electrons. The van der Waals surface area contributed by atoms with E-state index in [0.717, 1.165) is 34.0 Å². The third-order valence-electron chi connectivity index (χ3n) is 3.46. The molecule has 0 unspecified atom stereocenters. The van der Waals surface area contributed by atoms with Crippen molar-refractivity contribution in [2.45, 2.75) is 13.5 Å². The van der Waals surface area contributed by atoms with Gasteiger partial charge in [0.2, 0.25) is 0 Å². The number of benzene rings is 1. The molecule has 0 aliphatic carbocycles. The molecule has 0 spiro atoms. The Kier molecular flexibility index (Phi) is 3.36. The van der Waals surface area contributed by atoms with E-state index in [4.69, 9.17) is 4.74 Å². The lowest BCUT2D eigenvalue weighted by Crippen LogP contribution is -2.42. The van der Waals surface area contributed by atoms with Crippen molar-refractivity contribution in [2.75, 3.05) is 18.7 Å². The molecule has 0 radical (unpaired) electrons. The first-order valence-corrected chi connectivity index (χ1v) is 7.31. The Bertz CT molecular complexity index is 651. The van der Waals surface area contributed by atoms with Crippen molar-refractivity contribution in [1.82, 2.24) is 5.32 Å². The fourth-order valence-corrected chi connectivity index (χ4v) is 3.29. The van der Waals surface area contributed by atoms with Crippen molar-refractivity contribution < 1.29 is 9.53 Å². The second-order valence-electron chi connectivity index (χ2n) is 4.77. The van der Waals surface area contributed by atoms with Gasteiger partial charge in [-0.05, 0) is 24.6 Å². The molecule has 0 atom stereocenters. The predicted molar refractivity (Wildman–Crippen MR) is 80.6 cm³/mol. The summed E-state index contributed by atoms with van der Waals surface area (Å²) in [6.07, 6.45) is 0. The van der Waals surface area contributed by atoms with Gasteiger partial charge in [-0.2, -0.15) is 0 Å². The summed E-state index contributed by atoms with van der Waals surface area (Å²) in [6, 6.07) is 8.01. The summed E-state index contributed by atoms with van der Waals surface area (Å²) < 4.78 is 5.25. The van der Waals surface area contributed by atoms with E-state index in [1.807, 2.05) is 25.1 Å². The standard InChI is InChI=1S/C15H16N2O2S/c1-10-14-13(8-20-10)17(9-16-15(14)18)7-11-4-3-5-12(6-11)19-2/h3-6,8H,7,9H2,1-2H3,(H,16,18). The molecule has 5 heteroatoms. The first kappa shape index (κ1) is 13.0. The Hall–Kier alpha value is -2.01. The summed E-state index contributed by atoms with van der Waals surface area (Å²) in [6.45, 7) is 3.28. The number of rotatable bonds is 3. The SMILES string of the molecule is COc1cccc(CN2CNC(=O)c3c2csc3C)c1. The molecular weight excluding hydrogens is 272 g/mol. The van der Waals surface area contributed by atoms with Crippen molar-refractivity contribution in [3.05, 3.63) is 45.6 Å². The summed E-state index contributed by atoms with van der Waals surface area (Å²) in [5, 5.41) is 4.99. The maximum atomic E-state index is 11.9. The van der Waals surface area contributed by atoms with Gasteiger partial charge in [0.1, 0.15) is 5.75 Å². The first-order valence-electron chi connectivity index (χ1n) is 6.43. The van der Waals surface area contributed by atoms with Crippen molar-refractivity contribution in [2.24, 2.45) is 0 Å². The van der Waals surface area contributed by atoms with E-state index in [1.165, 1.54) is 0 Å². The average molecular weight is 288 g/mol. The Morgan fingerprint density at radius 1 is 1.45 bits per heavy atom. The number of methoxy groups -OCH3 is 1. The number of fused-ring (bicyclic) bond motifs is 1. The molecule has 1 N–H and O–H groups in total. The van der Waals surface area contributed by atoms with Crippen molar-refractivity contribution >= 4 is 22.9 Å². The molecule has 0 saturated heterocycles. The monoisotopic (exact) mass is 288 g/mol. The van der Waals surface area contributed by atoms with E-state index >= 15 is 0 Å². The molecule has 2 heterocycles. The van der Waals surface area contributed by atoms with Crippen LogP contribution in [-0.2, 0) is 6.54 Å². The molecule has 4 nitrogen and oxygen atoms in total. The van der Waals surface area contributed by atoms with Crippen LogP contribution in [0.5, 0.6) is 5.75 Å². The van der Waals surface area contributed by atoms with Gasteiger partial charge in [0.05, 0.1) is 25.0 Å². The molecule has 1 aliphatic rings. The number of nitrogens with one attached hydrogen (secondary N) is 1. The van der Waals surface area contributed by atoms with Gasteiger partial charge in [-0.1, -0.05) is 12.1 Å². The highest BCUT2D eigenvalue weighted by Gasteiger charge is 2.25. The van der Waals surface area contributed by atoms with Gasteiger partial charge in [-0.25, -0.2) is 0 Å². The van der Waals surface area contributed by atoms with Crippen LogP contribution in [0, 0.1) is 6.92 Å². The Labute approximate surface area is 122 Å². The number of aryl methyl sites for hydroxylation is 1. The Balaban J connectivity index is 1.88. The highest BCUT2D eigenvalue weighted by atomic mass is 32.1. The number of amides is 1. The van der Waals surface area contributed by atoms with Crippen LogP contribution in [0.25, 0.3) is 0 Å². The largest absolute Gasteiger partial charge is 0.497 e. The fourth-order valence-electron chi connectivity index (χ4n) is 2.42. The van der Waals surface area contributed by atoms with Gasteiger partial charge in [-0.15, -0.1) is 11.3 Å². The van der Waals surface area contributed by atoms with Gasteiger partial charge in [-0.3, -0.25) is 4.79 Å². The number of carbonyl (C=O) groups is 1. The topological polar surface area (TPSA) is 41.6 Å². The highest BCUT2D eigenvalue weighted by molar-refractivity contribution is 7.10. The van der Waals surface area contributed by atoms with E-state index in [9.17, 15) is 4.79 Å². The maximum absolute atomic E-state index is 11.9. The minimum Gasteiger partial charge on any atom is -0.497 e. The number of anilines is 1. The summed E-state index contributed by atoms with van der Waals surface area (Å²) in [5.41, 5.74) is 3.00. The van der Waals surface area contributed by atoms with E-state index in [-0.39, 0.29) is 5.91 Å². The quantitative estimate of drug-likeness (QED) is 0.944. The highest BCUT2D eigenvalue weighted by Crippen LogP contribution is 2.32. The molecule has 0 saturated carbocycles. The summed E-state index contributed by atoms with van der Waals surface area (Å²) >= 11 is 1.62. The van der Waals surface area contributed by atoms with Crippen LogP contribution in [0.3, 0.4) is 0 Å². The van der Waals surface area contributed by atoms with Gasteiger partial charge < -0.3 is 15.0 Å². The summed E-state index contributed by atoms with van der Waals surface area (Å²) in [5.74, 6) is 0.880. The van der Waals surface area contributed by atoms with Gasteiger partial charge in [0, 0.05) is 16.8 Å². The first-order chi connectivity index (χ1) is 9.69. The third kappa shape index (κ3) is 2.25. The molecule has 1 amide bonds. The van der Waals surface area contributed by atoms with Crippen molar-refractivity contribution in [3.8, 4) is 5.75 Å². The lowest BCUT2D eigenvalue weighted by molar-refractivity contribution is 0.0947. The van der Waals surface area contributed by atoms with E-state index < -0.39 is 0 Å². The molecule has 1 aliphatic heterocycles. The fraction of sp³-hybridized carbons (Fsp3) is 0.267. The van der Waals surface area contributed by atoms with Crippen LogP contribution in [0.2, 0.25) is 0 Å². The van der Waals surface area contributed by atoms with Crippen molar-refractivity contribution in [1.29, 1.82) is 0 Å². The lowest BCUT2D eigenvalue weighted by Gasteiger charge is -2.29. The minimum absolute atomic E-state index is 0.0284. The summed E-state index contributed by atoms with van der Waals surface area (Å²) in [7, 11) is 1.67. The predicted octanol–water partition coefficient (Wildman–Crippen LogP) is 2.77. The molecule has 0 bridgehead atoms. The number of carbonyl (C=O) groups excluding carboxylic acids is 1.